The van der Waals surface area contributed by atoms with E-state index in [1.165, 1.54) is 10.6 Å². The van der Waals surface area contributed by atoms with Crippen LogP contribution in [-0.2, 0) is 0 Å². The number of hydrogen-bond acceptors (Lipinski definition) is 5. The van der Waals surface area contributed by atoms with Crippen LogP contribution in [0.3, 0.4) is 0 Å². The zero-order valence-electron chi connectivity index (χ0n) is 10.2. The number of ether oxygens (including phenoxy) is 1. The Balaban J connectivity index is 2.11. The fourth-order valence-corrected chi connectivity index (χ4v) is 1.86. The highest BCUT2D eigenvalue weighted by molar-refractivity contribution is 5.66. The third kappa shape index (κ3) is 2.57. The Morgan fingerprint density at radius 3 is 2.71 bits per heavy atom. The summed E-state index contributed by atoms with van der Waals surface area (Å²) >= 11 is 0. The number of hydrogen-bond donors (Lipinski definition) is 1. The number of halogens is 3. The Hall–Kier alpha value is -2.84. The molecule has 108 valence electrons. The lowest BCUT2D eigenvalue weighted by Crippen LogP contribution is -2.17. The highest BCUT2D eigenvalue weighted by atomic mass is 19.4. The molecule has 0 aliphatic rings. The van der Waals surface area contributed by atoms with Gasteiger partial charge in [-0.25, -0.2) is 0 Å². The molecule has 2 aromatic heterocycles. The van der Waals surface area contributed by atoms with E-state index in [-0.39, 0.29) is 0 Å². The van der Waals surface area contributed by atoms with E-state index in [1.54, 1.807) is 18.2 Å². The Morgan fingerprint density at radius 1 is 1.14 bits per heavy atom. The smallest absolute Gasteiger partial charge is 0.504 e. The summed E-state index contributed by atoms with van der Waals surface area (Å²) in [5, 5.41) is 20.4. The van der Waals surface area contributed by atoms with E-state index >= 15 is 0 Å². The maximum atomic E-state index is 12.3. The van der Waals surface area contributed by atoms with E-state index in [2.05, 4.69) is 20.3 Å². The summed E-state index contributed by atoms with van der Waals surface area (Å²) in [7, 11) is 0. The average molecular weight is 296 g/mol. The van der Waals surface area contributed by atoms with E-state index in [1.807, 2.05) is 0 Å². The predicted octanol–water partition coefficient (Wildman–Crippen LogP) is 2.40. The number of tetrazole rings is 1. The van der Waals surface area contributed by atoms with Gasteiger partial charge in [-0.15, -0.1) is 18.3 Å². The molecule has 6 nitrogen and oxygen atoms in total. The lowest BCUT2D eigenvalue weighted by atomic mass is 10.1. The van der Waals surface area contributed by atoms with Gasteiger partial charge < -0.3 is 9.84 Å². The van der Waals surface area contributed by atoms with Crippen molar-refractivity contribution in [2.24, 2.45) is 0 Å². The zero-order chi connectivity index (χ0) is 15.0. The fourth-order valence-electron chi connectivity index (χ4n) is 1.86. The molecule has 9 heteroatoms. The average Bonchev–Trinajstić information content (AvgIpc) is 2.88. The first-order valence-electron chi connectivity index (χ1n) is 5.70. The molecule has 21 heavy (non-hydrogen) atoms. The topological polar surface area (TPSA) is 72.5 Å². The van der Waals surface area contributed by atoms with Crippen molar-refractivity contribution in [2.75, 3.05) is 0 Å². The SMILES string of the molecule is Oc1ccc(-c2cccc3nnnn23)cc1OC(F)(F)F. The molecule has 0 spiro atoms. The summed E-state index contributed by atoms with van der Waals surface area (Å²) in [6, 6.07) is 8.57. The van der Waals surface area contributed by atoms with Crippen LogP contribution in [0.25, 0.3) is 16.9 Å². The van der Waals surface area contributed by atoms with Gasteiger partial charge in [0.25, 0.3) is 0 Å². The Kier molecular flexibility index (Phi) is 2.89. The summed E-state index contributed by atoms with van der Waals surface area (Å²) in [5.74, 6) is -1.30. The first-order chi connectivity index (χ1) is 9.94. The number of alkyl halides is 3. The fraction of sp³-hybridized carbons (Fsp3) is 0.0833. The number of fused-ring (bicyclic) bond motifs is 1. The molecule has 0 fully saturated rings. The van der Waals surface area contributed by atoms with Crippen LogP contribution >= 0.6 is 0 Å². The Labute approximate surface area is 115 Å². The van der Waals surface area contributed by atoms with E-state index in [0.29, 0.717) is 16.9 Å². The van der Waals surface area contributed by atoms with Crippen LogP contribution in [0.5, 0.6) is 11.5 Å². The minimum atomic E-state index is -4.89. The van der Waals surface area contributed by atoms with Crippen molar-refractivity contribution >= 4 is 5.65 Å². The lowest BCUT2D eigenvalue weighted by molar-refractivity contribution is -0.275. The predicted molar refractivity (Wildman–Crippen MR) is 64.6 cm³/mol. The quantitative estimate of drug-likeness (QED) is 0.786. The second-order valence-corrected chi connectivity index (χ2v) is 4.09. The van der Waals surface area contributed by atoms with Gasteiger partial charge in [-0.1, -0.05) is 6.07 Å². The van der Waals surface area contributed by atoms with Gasteiger partial charge in [0.15, 0.2) is 17.1 Å². The van der Waals surface area contributed by atoms with Crippen molar-refractivity contribution < 1.29 is 23.0 Å². The summed E-state index contributed by atoms with van der Waals surface area (Å²) in [5.41, 5.74) is 1.27. The highest BCUT2D eigenvalue weighted by Crippen LogP contribution is 2.35. The van der Waals surface area contributed by atoms with Gasteiger partial charge in [-0.3, -0.25) is 0 Å². The molecule has 0 saturated carbocycles. The Morgan fingerprint density at radius 2 is 1.95 bits per heavy atom. The van der Waals surface area contributed by atoms with Gasteiger partial charge in [0.05, 0.1) is 5.69 Å². The second kappa shape index (κ2) is 4.62. The van der Waals surface area contributed by atoms with Crippen molar-refractivity contribution in [2.45, 2.75) is 6.36 Å². The third-order valence-corrected chi connectivity index (χ3v) is 2.70. The summed E-state index contributed by atoms with van der Waals surface area (Å²) < 4.78 is 42.0. The third-order valence-electron chi connectivity index (χ3n) is 2.70. The largest absolute Gasteiger partial charge is 0.573 e. The van der Waals surface area contributed by atoms with Crippen molar-refractivity contribution in [1.29, 1.82) is 0 Å². The van der Waals surface area contributed by atoms with Crippen LogP contribution in [0.4, 0.5) is 13.2 Å². The molecule has 1 aromatic carbocycles. The van der Waals surface area contributed by atoms with Crippen molar-refractivity contribution in [3.8, 4) is 22.8 Å². The maximum Gasteiger partial charge on any atom is 0.573 e. The number of benzene rings is 1. The minimum absolute atomic E-state index is 0.366. The molecule has 0 aliphatic heterocycles. The van der Waals surface area contributed by atoms with Crippen molar-refractivity contribution in [3.05, 3.63) is 36.4 Å². The molecule has 0 radical (unpaired) electrons. The molecule has 0 bridgehead atoms. The van der Waals surface area contributed by atoms with Gasteiger partial charge in [-0.2, -0.15) is 4.52 Å². The number of phenolic OH excluding ortho intramolecular Hbond substituents is 1. The van der Waals surface area contributed by atoms with Gasteiger partial charge in [0.1, 0.15) is 0 Å². The molecule has 0 aliphatic carbocycles. The summed E-state index contributed by atoms with van der Waals surface area (Å²) in [6.07, 6.45) is -4.89. The first-order valence-corrected chi connectivity index (χ1v) is 5.70. The molecule has 0 saturated heterocycles. The van der Waals surface area contributed by atoms with E-state index in [9.17, 15) is 18.3 Å². The minimum Gasteiger partial charge on any atom is -0.504 e. The van der Waals surface area contributed by atoms with Crippen LogP contribution in [-0.4, -0.2) is 31.5 Å². The number of nitrogens with zero attached hydrogens (tertiary/aromatic N) is 4. The maximum absolute atomic E-state index is 12.3. The van der Waals surface area contributed by atoms with Crippen LogP contribution < -0.4 is 4.74 Å². The molecule has 3 aromatic rings. The van der Waals surface area contributed by atoms with Gasteiger partial charge >= 0.3 is 6.36 Å². The molecule has 1 N–H and O–H groups in total. The molecule has 2 heterocycles. The standard InChI is InChI=1S/C12H7F3N4O2/c13-12(14,15)21-10-6-7(4-5-9(10)20)8-2-1-3-11-16-17-18-19(8)11/h1-6,20H. The van der Waals surface area contributed by atoms with Crippen molar-refractivity contribution in [3.63, 3.8) is 0 Å². The van der Waals surface area contributed by atoms with Gasteiger partial charge in [0, 0.05) is 5.56 Å². The molecule has 0 atom stereocenters. The number of phenols is 1. The van der Waals surface area contributed by atoms with Crippen LogP contribution in [0, 0.1) is 0 Å². The van der Waals surface area contributed by atoms with Crippen molar-refractivity contribution in [1.82, 2.24) is 20.0 Å². The van der Waals surface area contributed by atoms with E-state index < -0.39 is 17.9 Å². The summed E-state index contributed by atoms with van der Waals surface area (Å²) in [4.78, 5) is 0. The highest BCUT2D eigenvalue weighted by Gasteiger charge is 2.32. The van der Waals surface area contributed by atoms with E-state index in [4.69, 9.17) is 0 Å². The van der Waals surface area contributed by atoms with Gasteiger partial charge in [-0.05, 0) is 40.8 Å². The number of rotatable bonds is 2. The molecule has 0 unspecified atom stereocenters. The van der Waals surface area contributed by atoms with Gasteiger partial charge in [0.2, 0.25) is 0 Å². The number of aromatic hydroxyl groups is 1. The van der Waals surface area contributed by atoms with Crippen LogP contribution in [0.1, 0.15) is 0 Å². The Bertz CT molecular complexity index is 801. The first kappa shape index (κ1) is 13.2. The molecular formula is C12H7F3N4O2. The molecule has 0 amide bonds. The number of aromatic nitrogens is 4. The van der Waals surface area contributed by atoms with Crippen LogP contribution in [0.2, 0.25) is 0 Å². The molecule has 3 rings (SSSR count). The lowest BCUT2D eigenvalue weighted by Gasteiger charge is -2.12. The second-order valence-electron chi connectivity index (χ2n) is 4.09. The number of pyridine rings is 1. The zero-order valence-corrected chi connectivity index (χ0v) is 10.2. The monoisotopic (exact) mass is 296 g/mol. The normalized spacial score (nSPS) is 11.8. The van der Waals surface area contributed by atoms with Crippen LogP contribution in [0.15, 0.2) is 36.4 Å². The molecular weight excluding hydrogens is 289 g/mol. The summed E-state index contributed by atoms with van der Waals surface area (Å²) in [6.45, 7) is 0. The van der Waals surface area contributed by atoms with E-state index in [0.717, 1.165) is 12.1 Å².